The zero-order valence-electron chi connectivity index (χ0n) is 12.3. The van der Waals surface area contributed by atoms with Crippen molar-refractivity contribution in [3.63, 3.8) is 0 Å². The minimum atomic E-state index is -0.703. The largest absolute Gasteiger partial charge is 0.481 e. The van der Waals surface area contributed by atoms with Crippen molar-refractivity contribution >= 4 is 11.9 Å². The number of aryl methyl sites for hydroxylation is 2. The summed E-state index contributed by atoms with van der Waals surface area (Å²) in [7, 11) is 0. The van der Waals surface area contributed by atoms with Crippen molar-refractivity contribution in [2.45, 2.75) is 39.2 Å². The van der Waals surface area contributed by atoms with Gasteiger partial charge in [0.2, 0.25) is 0 Å². The monoisotopic (exact) mass is 288 g/mol. The molecule has 5 nitrogen and oxygen atoms in total. The van der Waals surface area contributed by atoms with E-state index in [1.165, 1.54) is 0 Å². The molecule has 5 heteroatoms. The lowest BCUT2D eigenvalue weighted by molar-refractivity contribution is -0.141. The molecule has 1 aromatic rings. The second kappa shape index (κ2) is 5.13. The molecule has 2 aliphatic carbocycles. The lowest BCUT2D eigenvalue weighted by Gasteiger charge is -2.40. The van der Waals surface area contributed by atoms with Crippen LogP contribution in [0.15, 0.2) is 12.1 Å². The van der Waals surface area contributed by atoms with Crippen molar-refractivity contribution in [1.82, 2.24) is 10.3 Å². The summed E-state index contributed by atoms with van der Waals surface area (Å²) in [5, 5.41) is 12.1. The molecular weight excluding hydrogens is 268 g/mol. The van der Waals surface area contributed by atoms with E-state index in [4.69, 9.17) is 5.11 Å². The van der Waals surface area contributed by atoms with Crippen LogP contribution in [-0.2, 0) is 4.79 Å². The van der Waals surface area contributed by atoms with Gasteiger partial charge in [-0.15, -0.1) is 0 Å². The van der Waals surface area contributed by atoms with Gasteiger partial charge in [-0.05, 0) is 56.6 Å². The minimum absolute atomic E-state index is 0.107. The van der Waals surface area contributed by atoms with Crippen molar-refractivity contribution in [3.8, 4) is 0 Å². The fraction of sp³-hybridized carbons (Fsp3) is 0.562. The molecule has 3 rings (SSSR count). The SMILES string of the molecule is Cc1ccc(C(=O)N[C@@H]2C[C@@H]3CC(C(=O)O)C[C@@H]32)nc1C. The van der Waals surface area contributed by atoms with E-state index in [9.17, 15) is 9.59 Å². The van der Waals surface area contributed by atoms with Crippen molar-refractivity contribution in [2.24, 2.45) is 17.8 Å². The van der Waals surface area contributed by atoms with Crippen LogP contribution in [0.1, 0.15) is 41.0 Å². The quantitative estimate of drug-likeness (QED) is 0.890. The number of nitrogens with one attached hydrogen (secondary N) is 1. The molecule has 4 atom stereocenters. The number of aliphatic carboxylic acids is 1. The second-order valence-corrected chi connectivity index (χ2v) is 6.34. The van der Waals surface area contributed by atoms with Gasteiger partial charge in [-0.1, -0.05) is 6.07 Å². The Morgan fingerprint density at radius 2 is 2.00 bits per heavy atom. The Hall–Kier alpha value is -1.91. The number of fused-ring (bicyclic) bond motifs is 1. The van der Waals surface area contributed by atoms with Gasteiger partial charge in [0.05, 0.1) is 5.92 Å². The Balaban J connectivity index is 1.62. The maximum absolute atomic E-state index is 12.2. The smallest absolute Gasteiger partial charge is 0.306 e. The van der Waals surface area contributed by atoms with Crippen LogP contribution < -0.4 is 5.32 Å². The number of nitrogens with zero attached hydrogens (tertiary/aromatic N) is 1. The molecule has 0 saturated heterocycles. The number of hydrogen-bond acceptors (Lipinski definition) is 3. The number of rotatable bonds is 3. The third-order valence-corrected chi connectivity index (χ3v) is 5.07. The molecule has 0 bridgehead atoms. The highest BCUT2D eigenvalue weighted by Gasteiger charge is 2.49. The van der Waals surface area contributed by atoms with E-state index in [1.807, 2.05) is 19.9 Å². The highest BCUT2D eigenvalue weighted by Crippen LogP contribution is 2.49. The summed E-state index contributed by atoms with van der Waals surface area (Å²) in [6.07, 6.45) is 2.34. The molecule has 1 amide bonds. The summed E-state index contributed by atoms with van der Waals surface area (Å²) in [5.41, 5.74) is 2.37. The molecule has 1 heterocycles. The maximum Gasteiger partial charge on any atom is 0.306 e. The van der Waals surface area contributed by atoms with Gasteiger partial charge in [-0.3, -0.25) is 9.59 Å². The first-order valence-corrected chi connectivity index (χ1v) is 7.43. The van der Waals surface area contributed by atoms with E-state index < -0.39 is 5.97 Å². The van der Waals surface area contributed by atoms with Crippen LogP contribution in [0.4, 0.5) is 0 Å². The first-order chi connectivity index (χ1) is 9.95. The summed E-state index contributed by atoms with van der Waals surface area (Å²) in [5.74, 6) is -0.307. The van der Waals surface area contributed by atoms with E-state index in [2.05, 4.69) is 10.3 Å². The normalized spacial score (nSPS) is 30.4. The van der Waals surface area contributed by atoms with Crippen LogP contribution in [0.5, 0.6) is 0 Å². The first-order valence-electron chi connectivity index (χ1n) is 7.43. The van der Waals surface area contributed by atoms with Gasteiger partial charge in [0, 0.05) is 11.7 Å². The summed E-state index contributed by atoms with van der Waals surface area (Å²) >= 11 is 0. The van der Waals surface area contributed by atoms with Crippen LogP contribution in [0.3, 0.4) is 0 Å². The number of carbonyl (C=O) groups excluding carboxylic acids is 1. The predicted molar refractivity (Wildman–Crippen MR) is 76.9 cm³/mol. The molecule has 0 radical (unpaired) electrons. The number of carboxylic acids is 1. The zero-order chi connectivity index (χ0) is 15.1. The molecule has 0 aliphatic heterocycles. The van der Waals surface area contributed by atoms with E-state index in [1.54, 1.807) is 6.07 Å². The van der Waals surface area contributed by atoms with Crippen LogP contribution >= 0.6 is 0 Å². The van der Waals surface area contributed by atoms with E-state index in [0.29, 0.717) is 24.0 Å². The van der Waals surface area contributed by atoms with Crippen molar-refractivity contribution in [3.05, 3.63) is 29.1 Å². The Bertz CT molecular complexity index is 599. The van der Waals surface area contributed by atoms with Crippen LogP contribution in [0.2, 0.25) is 0 Å². The summed E-state index contributed by atoms with van der Waals surface area (Å²) in [4.78, 5) is 27.6. The average molecular weight is 288 g/mol. The maximum atomic E-state index is 12.2. The van der Waals surface area contributed by atoms with E-state index >= 15 is 0 Å². The molecule has 1 aromatic heterocycles. The summed E-state index contributed by atoms with van der Waals surface area (Å²) in [6, 6.07) is 3.74. The van der Waals surface area contributed by atoms with E-state index in [-0.39, 0.29) is 17.9 Å². The third kappa shape index (κ3) is 2.52. The molecule has 2 fully saturated rings. The molecule has 2 saturated carbocycles. The minimum Gasteiger partial charge on any atom is -0.481 e. The Kier molecular flexibility index (Phi) is 3.43. The van der Waals surface area contributed by atoms with Crippen LogP contribution in [0, 0.1) is 31.6 Å². The first kappa shape index (κ1) is 14.0. The van der Waals surface area contributed by atoms with Gasteiger partial charge in [-0.25, -0.2) is 4.98 Å². The molecule has 0 aromatic carbocycles. The highest BCUT2D eigenvalue weighted by molar-refractivity contribution is 5.92. The molecule has 0 spiro atoms. The second-order valence-electron chi connectivity index (χ2n) is 6.34. The molecule has 21 heavy (non-hydrogen) atoms. The standard InChI is InChI=1S/C16H20N2O3/c1-8-3-4-13(17-9(8)2)15(19)18-14-7-10-5-11(16(20)21)6-12(10)14/h3-4,10-12,14H,5-7H2,1-2H3,(H,18,19)(H,20,21)/t10-,11?,12-,14+/m0/s1. The van der Waals surface area contributed by atoms with Crippen molar-refractivity contribution in [1.29, 1.82) is 0 Å². The molecule has 2 aliphatic rings. The number of amides is 1. The van der Waals surface area contributed by atoms with Gasteiger partial charge in [0.25, 0.3) is 5.91 Å². The third-order valence-electron chi connectivity index (χ3n) is 5.07. The number of aromatic nitrogens is 1. The fourth-order valence-corrected chi connectivity index (χ4v) is 3.59. The van der Waals surface area contributed by atoms with Crippen LogP contribution in [-0.4, -0.2) is 28.0 Å². The average Bonchev–Trinajstić information content (AvgIpc) is 2.76. The number of pyridine rings is 1. The summed E-state index contributed by atoms with van der Waals surface area (Å²) < 4.78 is 0. The van der Waals surface area contributed by atoms with Gasteiger partial charge in [-0.2, -0.15) is 0 Å². The summed E-state index contributed by atoms with van der Waals surface area (Å²) in [6.45, 7) is 3.85. The van der Waals surface area contributed by atoms with Gasteiger partial charge in [0.1, 0.15) is 5.69 Å². The zero-order valence-corrected chi connectivity index (χ0v) is 12.3. The van der Waals surface area contributed by atoms with Crippen molar-refractivity contribution in [2.75, 3.05) is 0 Å². The highest BCUT2D eigenvalue weighted by atomic mass is 16.4. The molecule has 1 unspecified atom stereocenters. The van der Waals surface area contributed by atoms with E-state index in [0.717, 1.165) is 24.1 Å². The number of carboxylic acid groups (broad SMARTS) is 1. The van der Waals surface area contributed by atoms with Gasteiger partial charge < -0.3 is 10.4 Å². The topological polar surface area (TPSA) is 79.3 Å². The predicted octanol–water partition coefficient (Wildman–Crippen LogP) is 1.93. The molecule has 112 valence electrons. The van der Waals surface area contributed by atoms with Gasteiger partial charge >= 0.3 is 5.97 Å². The Labute approximate surface area is 123 Å². The molecule has 2 N–H and O–H groups in total. The Morgan fingerprint density at radius 1 is 1.24 bits per heavy atom. The number of carbonyl (C=O) groups is 2. The number of hydrogen-bond donors (Lipinski definition) is 2. The van der Waals surface area contributed by atoms with Crippen molar-refractivity contribution < 1.29 is 14.7 Å². The van der Waals surface area contributed by atoms with Crippen LogP contribution in [0.25, 0.3) is 0 Å². The lowest BCUT2D eigenvalue weighted by Crippen LogP contribution is -2.50. The molecular formula is C16H20N2O3. The van der Waals surface area contributed by atoms with Gasteiger partial charge in [0.15, 0.2) is 0 Å². The lowest BCUT2D eigenvalue weighted by atomic mass is 9.71. The fourth-order valence-electron chi connectivity index (χ4n) is 3.59. The Morgan fingerprint density at radius 3 is 2.67 bits per heavy atom.